The van der Waals surface area contributed by atoms with Crippen molar-refractivity contribution in [2.45, 2.75) is 52.9 Å². The van der Waals surface area contributed by atoms with Gasteiger partial charge in [-0.05, 0) is 19.9 Å². The van der Waals surface area contributed by atoms with E-state index in [2.05, 4.69) is 15.0 Å². The van der Waals surface area contributed by atoms with E-state index in [1.807, 2.05) is 45.6 Å². The lowest BCUT2D eigenvalue weighted by atomic mass is 9.92. The van der Waals surface area contributed by atoms with Gasteiger partial charge in [0, 0.05) is 43.0 Å². The summed E-state index contributed by atoms with van der Waals surface area (Å²) < 4.78 is 43.9. The van der Waals surface area contributed by atoms with E-state index >= 15 is 0 Å². The highest BCUT2D eigenvalue weighted by Crippen LogP contribution is 2.41. The standard InChI is InChI=1S/C24H26F3N7O/c1-14-11-33(22(35)23(3,4)5)15(2)10-32(14)20-19-18(24(25,26)27)12-34(21(19)31-13-30-20)17-6-16(7-28)8-29-9-17/h6,8-9,12-15H,10-11H2,1-5H3/t14-,15+/m0/s1. The molecule has 0 aliphatic carbocycles. The van der Waals surface area contributed by atoms with Gasteiger partial charge in [-0.1, -0.05) is 20.8 Å². The van der Waals surface area contributed by atoms with Gasteiger partial charge >= 0.3 is 6.18 Å². The highest BCUT2D eigenvalue weighted by Gasteiger charge is 2.41. The summed E-state index contributed by atoms with van der Waals surface area (Å²) in [5.74, 6) is 0.157. The molecular weight excluding hydrogens is 459 g/mol. The van der Waals surface area contributed by atoms with Crippen molar-refractivity contribution in [3.05, 3.63) is 42.1 Å². The molecule has 0 aromatic carbocycles. The lowest BCUT2D eigenvalue weighted by Crippen LogP contribution is -2.60. The molecule has 184 valence electrons. The van der Waals surface area contributed by atoms with Crippen LogP contribution in [-0.4, -0.2) is 55.5 Å². The first-order valence-corrected chi connectivity index (χ1v) is 11.2. The third-order valence-electron chi connectivity index (χ3n) is 6.16. The van der Waals surface area contributed by atoms with Crippen LogP contribution in [0.5, 0.6) is 0 Å². The molecule has 2 atom stereocenters. The molecule has 1 aliphatic heterocycles. The Hall–Kier alpha value is -3.68. The van der Waals surface area contributed by atoms with Crippen LogP contribution in [0.2, 0.25) is 0 Å². The summed E-state index contributed by atoms with van der Waals surface area (Å²) in [6.07, 6.45) is 0.252. The molecule has 1 fully saturated rings. The predicted molar refractivity (Wildman–Crippen MR) is 124 cm³/mol. The number of halogens is 3. The van der Waals surface area contributed by atoms with E-state index < -0.39 is 17.2 Å². The van der Waals surface area contributed by atoms with Crippen molar-refractivity contribution in [3.8, 4) is 11.8 Å². The Bertz CT molecular complexity index is 1320. The van der Waals surface area contributed by atoms with Crippen LogP contribution >= 0.6 is 0 Å². The van der Waals surface area contributed by atoms with Gasteiger partial charge in [-0.25, -0.2) is 9.97 Å². The molecule has 0 saturated carbocycles. The number of pyridine rings is 1. The Labute approximate surface area is 201 Å². The summed E-state index contributed by atoms with van der Waals surface area (Å²) >= 11 is 0. The highest BCUT2D eigenvalue weighted by molar-refractivity contribution is 5.93. The number of amides is 1. The third kappa shape index (κ3) is 4.40. The van der Waals surface area contributed by atoms with Gasteiger partial charge in [0.2, 0.25) is 5.91 Å². The molecule has 8 nitrogen and oxygen atoms in total. The van der Waals surface area contributed by atoms with Crippen LogP contribution in [0.25, 0.3) is 16.7 Å². The van der Waals surface area contributed by atoms with E-state index in [-0.39, 0.29) is 46.1 Å². The Kier molecular flexibility index (Phi) is 5.95. The summed E-state index contributed by atoms with van der Waals surface area (Å²) in [6.45, 7) is 9.98. The van der Waals surface area contributed by atoms with Crippen molar-refractivity contribution in [1.82, 2.24) is 24.4 Å². The molecule has 4 rings (SSSR count). The molecule has 3 aromatic rings. The van der Waals surface area contributed by atoms with Gasteiger partial charge < -0.3 is 9.80 Å². The molecular formula is C24H26F3N7O. The Morgan fingerprint density at radius 2 is 1.83 bits per heavy atom. The lowest BCUT2D eigenvalue weighted by Gasteiger charge is -2.46. The zero-order chi connectivity index (χ0) is 25.7. The van der Waals surface area contributed by atoms with Gasteiger partial charge in [-0.3, -0.25) is 14.3 Å². The van der Waals surface area contributed by atoms with E-state index in [1.165, 1.54) is 29.4 Å². The second kappa shape index (κ2) is 8.52. The van der Waals surface area contributed by atoms with Gasteiger partial charge in [0.15, 0.2) is 5.65 Å². The fourth-order valence-electron chi connectivity index (χ4n) is 4.43. The number of hydrogen-bond donors (Lipinski definition) is 0. The maximum Gasteiger partial charge on any atom is 0.418 e. The number of carbonyl (C=O) groups excluding carboxylic acids is 1. The first kappa shape index (κ1) is 24.4. The van der Waals surface area contributed by atoms with E-state index in [9.17, 15) is 23.2 Å². The minimum atomic E-state index is -4.66. The maximum atomic E-state index is 14.2. The van der Waals surface area contributed by atoms with Crippen LogP contribution in [0.4, 0.5) is 19.0 Å². The Balaban J connectivity index is 1.85. The number of anilines is 1. The number of rotatable bonds is 2. The van der Waals surface area contributed by atoms with Crippen LogP contribution < -0.4 is 4.90 Å². The largest absolute Gasteiger partial charge is 0.418 e. The smallest absolute Gasteiger partial charge is 0.349 e. The average Bonchev–Trinajstić information content (AvgIpc) is 3.20. The van der Waals surface area contributed by atoms with Gasteiger partial charge in [0.05, 0.1) is 28.4 Å². The normalized spacial score (nSPS) is 19.2. The van der Waals surface area contributed by atoms with Crippen LogP contribution in [0.15, 0.2) is 31.0 Å². The minimum Gasteiger partial charge on any atom is -0.349 e. The number of fused-ring (bicyclic) bond motifs is 1. The first-order valence-electron chi connectivity index (χ1n) is 11.2. The van der Waals surface area contributed by atoms with Crippen molar-refractivity contribution < 1.29 is 18.0 Å². The van der Waals surface area contributed by atoms with Crippen LogP contribution in [0, 0.1) is 16.7 Å². The van der Waals surface area contributed by atoms with Gasteiger partial charge in [-0.15, -0.1) is 0 Å². The maximum absolute atomic E-state index is 14.2. The SMILES string of the molecule is C[C@@H]1CN(c2ncnc3c2c(C(F)(F)F)cn3-c2cncc(C#N)c2)[C@@H](C)CN1C(=O)C(C)(C)C. The fourth-order valence-corrected chi connectivity index (χ4v) is 4.43. The van der Waals surface area contributed by atoms with Crippen LogP contribution in [-0.2, 0) is 11.0 Å². The van der Waals surface area contributed by atoms with Gasteiger partial charge in [0.25, 0.3) is 0 Å². The number of nitriles is 1. The Morgan fingerprint density at radius 1 is 1.11 bits per heavy atom. The molecule has 0 bridgehead atoms. The van der Waals surface area contributed by atoms with Crippen molar-refractivity contribution in [2.75, 3.05) is 18.0 Å². The average molecular weight is 486 g/mol. The van der Waals surface area contributed by atoms with E-state index in [1.54, 1.807) is 4.90 Å². The number of piperazine rings is 1. The highest BCUT2D eigenvalue weighted by atomic mass is 19.4. The summed E-state index contributed by atoms with van der Waals surface area (Å²) in [6, 6.07) is 2.90. The van der Waals surface area contributed by atoms with Crippen molar-refractivity contribution in [1.29, 1.82) is 5.26 Å². The number of nitrogens with zero attached hydrogens (tertiary/aromatic N) is 7. The van der Waals surface area contributed by atoms with Gasteiger partial charge in [-0.2, -0.15) is 18.4 Å². The van der Waals surface area contributed by atoms with Crippen molar-refractivity contribution in [3.63, 3.8) is 0 Å². The van der Waals surface area contributed by atoms with E-state index in [0.717, 1.165) is 6.20 Å². The van der Waals surface area contributed by atoms with Crippen molar-refractivity contribution in [2.24, 2.45) is 5.41 Å². The fraction of sp³-hybridized carbons (Fsp3) is 0.458. The zero-order valence-corrected chi connectivity index (χ0v) is 20.1. The lowest BCUT2D eigenvalue weighted by molar-refractivity contribution is -0.142. The molecule has 35 heavy (non-hydrogen) atoms. The quantitative estimate of drug-likeness (QED) is 0.541. The number of carbonyl (C=O) groups is 1. The number of aromatic nitrogens is 4. The molecule has 0 radical (unpaired) electrons. The van der Waals surface area contributed by atoms with E-state index in [0.29, 0.717) is 13.1 Å². The Morgan fingerprint density at radius 3 is 2.46 bits per heavy atom. The summed E-state index contributed by atoms with van der Waals surface area (Å²) in [5, 5.41) is 9.07. The number of hydrogen-bond acceptors (Lipinski definition) is 6. The topological polar surface area (TPSA) is 90.9 Å². The van der Waals surface area contributed by atoms with Crippen LogP contribution in [0.1, 0.15) is 45.7 Å². The summed E-state index contributed by atoms with van der Waals surface area (Å²) in [5.41, 5.74) is -0.873. The molecule has 4 heterocycles. The zero-order valence-electron chi connectivity index (χ0n) is 20.1. The molecule has 1 amide bonds. The number of alkyl halides is 3. The second-order valence-corrected chi connectivity index (χ2v) is 9.91. The van der Waals surface area contributed by atoms with Gasteiger partial charge in [0.1, 0.15) is 18.2 Å². The van der Waals surface area contributed by atoms with Crippen molar-refractivity contribution >= 4 is 22.8 Å². The summed E-state index contributed by atoms with van der Waals surface area (Å²) in [4.78, 5) is 29.0. The monoisotopic (exact) mass is 485 g/mol. The molecule has 0 unspecified atom stereocenters. The molecule has 1 aliphatic rings. The first-order chi connectivity index (χ1) is 16.3. The molecule has 1 saturated heterocycles. The molecule has 3 aromatic heterocycles. The third-order valence-corrected chi connectivity index (χ3v) is 6.16. The van der Waals surface area contributed by atoms with Crippen LogP contribution in [0.3, 0.4) is 0 Å². The predicted octanol–water partition coefficient (Wildman–Crippen LogP) is 4.18. The second-order valence-electron chi connectivity index (χ2n) is 9.91. The molecule has 11 heteroatoms. The molecule has 0 spiro atoms. The molecule has 0 N–H and O–H groups in total. The summed E-state index contributed by atoms with van der Waals surface area (Å²) in [7, 11) is 0. The minimum absolute atomic E-state index is 0.00339. The van der Waals surface area contributed by atoms with E-state index in [4.69, 9.17) is 0 Å².